The van der Waals surface area contributed by atoms with Crippen LogP contribution < -0.4 is 10.0 Å². The molecule has 1 saturated carbocycles. The molecule has 114 valence electrons. The molecule has 1 fully saturated rings. The quantitative estimate of drug-likeness (QED) is 0.761. The number of benzene rings is 1. The van der Waals surface area contributed by atoms with Crippen molar-refractivity contribution in [3.05, 3.63) is 29.8 Å². The fourth-order valence-corrected chi connectivity index (χ4v) is 3.04. The molecule has 0 bridgehead atoms. The predicted molar refractivity (Wildman–Crippen MR) is 77.4 cm³/mol. The van der Waals surface area contributed by atoms with E-state index in [1.165, 1.54) is 32.0 Å². The Morgan fingerprint density at radius 3 is 2.52 bits per heavy atom. The standard InChI is InChI=1S/C14H18N2O4S/c1-9(14(18)15-12-6-7-12)16-21(19,20)13-5-3-4-11(8-13)10(2)17/h3-5,8-9,12,16H,6-7H2,1-2H3,(H,15,18). The van der Waals surface area contributed by atoms with Crippen LogP contribution >= 0.6 is 0 Å². The minimum absolute atomic E-state index is 0.0266. The van der Waals surface area contributed by atoms with E-state index in [-0.39, 0.29) is 22.6 Å². The summed E-state index contributed by atoms with van der Waals surface area (Å²) < 4.78 is 26.8. The first-order valence-corrected chi connectivity index (χ1v) is 8.21. The van der Waals surface area contributed by atoms with Crippen LogP contribution in [0, 0.1) is 0 Å². The lowest BCUT2D eigenvalue weighted by Crippen LogP contribution is -2.45. The molecule has 1 amide bonds. The topological polar surface area (TPSA) is 92.3 Å². The van der Waals surface area contributed by atoms with Gasteiger partial charge in [-0.25, -0.2) is 8.42 Å². The summed E-state index contributed by atoms with van der Waals surface area (Å²) >= 11 is 0. The fourth-order valence-electron chi connectivity index (χ4n) is 1.79. The second-order valence-corrected chi connectivity index (χ2v) is 6.92. The highest BCUT2D eigenvalue weighted by atomic mass is 32.2. The summed E-state index contributed by atoms with van der Waals surface area (Å²) in [6.45, 7) is 2.86. The highest BCUT2D eigenvalue weighted by Gasteiger charge is 2.28. The maximum atomic E-state index is 12.2. The molecule has 0 aromatic heterocycles. The molecular formula is C14H18N2O4S. The highest BCUT2D eigenvalue weighted by molar-refractivity contribution is 7.89. The molecule has 1 aliphatic rings. The minimum Gasteiger partial charge on any atom is -0.352 e. The number of carbonyl (C=O) groups excluding carboxylic acids is 2. The van der Waals surface area contributed by atoms with Gasteiger partial charge in [-0.2, -0.15) is 4.72 Å². The second kappa shape index (κ2) is 5.95. The van der Waals surface area contributed by atoms with Crippen LogP contribution in [0.5, 0.6) is 0 Å². The van der Waals surface area contributed by atoms with E-state index in [0.29, 0.717) is 5.56 Å². The first kappa shape index (κ1) is 15.7. The van der Waals surface area contributed by atoms with E-state index in [1.54, 1.807) is 6.07 Å². The monoisotopic (exact) mass is 310 g/mol. The summed E-state index contributed by atoms with van der Waals surface area (Å²) in [5, 5.41) is 2.74. The Morgan fingerprint density at radius 2 is 1.95 bits per heavy atom. The lowest BCUT2D eigenvalue weighted by molar-refractivity contribution is -0.122. The zero-order valence-corrected chi connectivity index (χ0v) is 12.7. The lowest BCUT2D eigenvalue weighted by Gasteiger charge is -2.14. The number of carbonyl (C=O) groups is 2. The third-order valence-corrected chi connectivity index (χ3v) is 4.74. The Hall–Kier alpha value is -1.73. The molecule has 0 heterocycles. The van der Waals surface area contributed by atoms with Gasteiger partial charge in [0.1, 0.15) is 0 Å². The van der Waals surface area contributed by atoms with Crippen molar-refractivity contribution in [2.24, 2.45) is 0 Å². The second-order valence-electron chi connectivity index (χ2n) is 5.21. The average molecular weight is 310 g/mol. The Morgan fingerprint density at radius 1 is 1.29 bits per heavy atom. The average Bonchev–Trinajstić information content (AvgIpc) is 3.22. The number of amides is 1. The van der Waals surface area contributed by atoms with Crippen LogP contribution in [0.25, 0.3) is 0 Å². The van der Waals surface area contributed by atoms with Crippen LogP contribution in [0.15, 0.2) is 29.2 Å². The van der Waals surface area contributed by atoms with Crippen LogP contribution in [-0.2, 0) is 14.8 Å². The van der Waals surface area contributed by atoms with Gasteiger partial charge < -0.3 is 5.32 Å². The number of ketones is 1. The van der Waals surface area contributed by atoms with E-state index in [2.05, 4.69) is 10.0 Å². The van der Waals surface area contributed by atoms with Crippen LogP contribution in [0.4, 0.5) is 0 Å². The van der Waals surface area contributed by atoms with Crippen molar-refractivity contribution in [3.8, 4) is 0 Å². The van der Waals surface area contributed by atoms with E-state index in [1.807, 2.05) is 0 Å². The predicted octanol–water partition coefficient (Wildman–Crippen LogP) is 0.835. The number of sulfonamides is 1. The van der Waals surface area contributed by atoms with Gasteiger partial charge in [0.2, 0.25) is 15.9 Å². The molecule has 2 rings (SSSR count). The van der Waals surface area contributed by atoms with Crippen LogP contribution in [0.1, 0.15) is 37.0 Å². The molecule has 0 saturated heterocycles. The molecule has 0 spiro atoms. The third kappa shape index (κ3) is 4.12. The van der Waals surface area contributed by atoms with E-state index in [9.17, 15) is 18.0 Å². The van der Waals surface area contributed by atoms with Crippen LogP contribution in [0.3, 0.4) is 0 Å². The van der Waals surface area contributed by atoms with Crippen molar-refractivity contribution in [3.63, 3.8) is 0 Å². The molecule has 1 atom stereocenters. The van der Waals surface area contributed by atoms with Gasteiger partial charge >= 0.3 is 0 Å². The molecular weight excluding hydrogens is 292 g/mol. The van der Waals surface area contributed by atoms with Gasteiger partial charge in [-0.05, 0) is 38.8 Å². The Balaban J connectivity index is 2.11. The molecule has 1 unspecified atom stereocenters. The van der Waals surface area contributed by atoms with Gasteiger partial charge in [0.15, 0.2) is 5.78 Å². The molecule has 6 nitrogen and oxygen atoms in total. The van der Waals surface area contributed by atoms with Gasteiger partial charge in [-0.3, -0.25) is 9.59 Å². The highest BCUT2D eigenvalue weighted by Crippen LogP contribution is 2.19. The summed E-state index contributed by atoms with van der Waals surface area (Å²) in [4.78, 5) is 23.1. The molecule has 21 heavy (non-hydrogen) atoms. The molecule has 7 heteroatoms. The van der Waals surface area contributed by atoms with Gasteiger partial charge in [0, 0.05) is 11.6 Å². The van der Waals surface area contributed by atoms with Crippen molar-refractivity contribution >= 4 is 21.7 Å². The first-order valence-electron chi connectivity index (χ1n) is 6.73. The van der Waals surface area contributed by atoms with Crippen molar-refractivity contribution in [1.29, 1.82) is 0 Å². The van der Waals surface area contributed by atoms with Gasteiger partial charge in [-0.1, -0.05) is 12.1 Å². The van der Waals surface area contributed by atoms with Crippen LogP contribution in [-0.4, -0.2) is 32.2 Å². The molecule has 1 aromatic rings. The van der Waals surface area contributed by atoms with Gasteiger partial charge in [0.05, 0.1) is 10.9 Å². The molecule has 1 aliphatic carbocycles. The maximum absolute atomic E-state index is 12.2. The summed E-state index contributed by atoms with van der Waals surface area (Å²) in [5.74, 6) is -0.560. The number of nitrogens with one attached hydrogen (secondary N) is 2. The first-order chi connectivity index (χ1) is 9.79. The molecule has 0 radical (unpaired) electrons. The molecule has 0 aliphatic heterocycles. The van der Waals surface area contributed by atoms with Gasteiger partial charge in [0.25, 0.3) is 0 Å². The third-order valence-electron chi connectivity index (χ3n) is 3.20. The van der Waals surface area contributed by atoms with E-state index >= 15 is 0 Å². The van der Waals surface area contributed by atoms with Gasteiger partial charge in [-0.15, -0.1) is 0 Å². The molecule has 1 aromatic carbocycles. The minimum atomic E-state index is -3.84. The Kier molecular flexibility index (Phi) is 4.43. The van der Waals surface area contributed by atoms with Crippen molar-refractivity contribution in [1.82, 2.24) is 10.0 Å². The summed E-state index contributed by atoms with van der Waals surface area (Å²) in [7, 11) is -3.84. The lowest BCUT2D eigenvalue weighted by atomic mass is 10.2. The summed E-state index contributed by atoms with van der Waals surface area (Å²) in [6, 6.07) is 5.04. The molecule has 2 N–H and O–H groups in total. The fraction of sp³-hybridized carbons (Fsp3) is 0.429. The SMILES string of the molecule is CC(=O)c1cccc(S(=O)(=O)NC(C)C(=O)NC2CC2)c1. The maximum Gasteiger partial charge on any atom is 0.241 e. The Bertz CT molecular complexity index is 665. The summed E-state index contributed by atoms with van der Waals surface area (Å²) in [6.07, 6.45) is 1.87. The van der Waals surface area contributed by atoms with E-state index in [4.69, 9.17) is 0 Å². The number of rotatable bonds is 6. The van der Waals surface area contributed by atoms with Crippen LogP contribution in [0.2, 0.25) is 0 Å². The zero-order valence-electron chi connectivity index (χ0n) is 11.9. The van der Waals surface area contributed by atoms with Crippen molar-refractivity contribution < 1.29 is 18.0 Å². The largest absolute Gasteiger partial charge is 0.352 e. The van der Waals surface area contributed by atoms with E-state index in [0.717, 1.165) is 12.8 Å². The van der Waals surface area contributed by atoms with Crippen molar-refractivity contribution in [2.75, 3.05) is 0 Å². The smallest absolute Gasteiger partial charge is 0.241 e. The van der Waals surface area contributed by atoms with E-state index < -0.39 is 16.1 Å². The zero-order chi connectivity index (χ0) is 15.6. The number of Topliss-reactive ketones (excluding diaryl/α,β-unsaturated/α-hetero) is 1. The number of hydrogen-bond acceptors (Lipinski definition) is 4. The normalized spacial score (nSPS) is 16.3. The van der Waals surface area contributed by atoms with Crippen molar-refractivity contribution in [2.45, 2.75) is 43.7 Å². The number of hydrogen-bond donors (Lipinski definition) is 2. The Labute approximate surface area is 124 Å². The summed E-state index contributed by atoms with van der Waals surface area (Å²) in [5.41, 5.74) is 0.313.